The second kappa shape index (κ2) is 8.11. The Kier molecular flexibility index (Phi) is 6.13. The fraction of sp³-hybridized carbons (Fsp3) is 0.364. The van der Waals surface area contributed by atoms with Crippen molar-refractivity contribution in [2.24, 2.45) is 0 Å². The van der Waals surface area contributed by atoms with E-state index in [9.17, 15) is 9.59 Å². The van der Waals surface area contributed by atoms with Gasteiger partial charge in [-0.15, -0.1) is 0 Å². The molecule has 0 fully saturated rings. The van der Waals surface area contributed by atoms with Crippen LogP contribution in [0.4, 0.5) is 0 Å². The van der Waals surface area contributed by atoms with E-state index in [0.29, 0.717) is 17.7 Å². The molecule has 0 radical (unpaired) electrons. The van der Waals surface area contributed by atoms with Crippen LogP contribution in [0.1, 0.15) is 66.8 Å². The number of hydrogen-bond donors (Lipinski definition) is 0. The Balaban J connectivity index is 2.01. The molecular formula is C22H26O3. The number of hydrogen-bond acceptors (Lipinski definition) is 3. The Morgan fingerprint density at radius 1 is 0.840 bits per heavy atom. The minimum absolute atomic E-state index is 0.0407. The second-order valence-corrected chi connectivity index (χ2v) is 7.22. The first-order valence-electron chi connectivity index (χ1n) is 8.71. The Labute approximate surface area is 150 Å². The number of carbonyl (C=O) groups excluding carboxylic acids is 2. The summed E-state index contributed by atoms with van der Waals surface area (Å²) >= 11 is 0. The summed E-state index contributed by atoms with van der Waals surface area (Å²) in [6.07, 6.45) is 0.813. The third-order valence-electron chi connectivity index (χ3n) is 4.04. The highest BCUT2D eigenvalue weighted by Crippen LogP contribution is 2.23. The van der Waals surface area contributed by atoms with Gasteiger partial charge in [-0.3, -0.25) is 9.59 Å². The molecule has 0 N–H and O–H groups in total. The molecule has 0 aliphatic heterocycles. The van der Waals surface area contributed by atoms with E-state index in [0.717, 1.165) is 17.7 Å². The van der Waals surface area contributed by atoms with Crippen LogP contribution in [0.5, 0.6) is 5.75 Å². The van der Waals surface area contributed by atoms with Gasteiger partial charge in [-0.25, -0.2) is 0 Å². The standard InChI is InChI=1S/C22H26O3/c1-5-14-25-19-12-8-17(9-13-19)21(24)15-20(23)16-6-10-18(11-7-16)22(2,3)4/h6-13H,5,14-15H2,1-4H3. The predicted molar refractivity (Wildman–Crippen MR) is 101 cm³/mol. The van der Waals surface area contributed by atoms with Crippen molar-refractivity contribution in [3.8, 4) is 5.75 Å². The molecule has 0 bridgehead atoms. The fourth-order valence-electron chi connectivity index (χ4n) is 2.46. The van der Waals surface area contributed by atoms with Crippen LogP contribution in [0, 0.1) is 0 Å². The first-order valence-corrected chi connectivity index (χ1v) is 8.71. The highest BCUT2D eigenvalue weighted by atomic mass is 16.5. The van der Waals surface area contributed by atoms with Gasteiger partial charge in [0.05, 0.1) is 13.0 Å². The molecule has 3 nitrogen and oxygen atoms in total. The molecule has 0 amide bonds. The molecule has 132 valence electrons. The summed E-state index contributed by atoms with van der Waals surface area (Å²) in [7, 11) is 0. The molecule has 0 heterocycles. The van der Waals surface area contributed by atoms with Gasteiger partial charge in [-0.05, 0) is 41.7 Å². The van der Waals surface area contributed by atoms with Crippen LogP contribution in [0.25, 0.3) is 0 Å². The molecule has 0 aliphatic rings. The van der Waals surface area contributed by atoms with Crippen molar-refractivity contribution in [3.05, 3.63) is 65.2 Å². The lowest BCUT2D eigenvalue weighted by Crippen LogP contribution is -2.12. The zero-order valence-electron chi connectivity index (χ0n) is 15.5. The van der Waals surface area contributed by atoms with Gasteiger partial charge in [0.15, 0.2) is 11.6 Å². The maximum Gasteiger partial charge on any atom is 0.170 e. The lowest BCUT2D eigenvalue weighted by molar-refractivity contribution is 0.0894. The third kappa shape index (κ3) is 5.28. The minimum atomic E-state index is -0.174. The molecule has 0 saturated carbocycles. The molecular weight excluding hydrogens is 312 g/mol. The number of rotatable bonds is 7. The highest BCUT2D eigenvalue weighted by Gasteiger charge is 2.16. The maximum atomic E-state index is 12.4. The van der Waals surface area contributed by atoms with Crippen molar-refractivity contribution >= 4 is 11.6 Å². The zero-order valence-corrected chi connectivity index (χ0v) is 15.5. The lowest BCUT2D eigenvalue weighted by Gasteiger charge is -2.18. The molecule has 0 unspecified atom stereocenters. The number of carbonyl (C=O) groups is 2. The molecule has 25 heavy (non-hydrogen) atoms. The van der Waals surface area contributed by atoms with E-state index in [2.05, 4.69) is 20.8 Å². The summed E-state index contributed by atoms with van der Waals surface area (Å²) < 4.78 is 5.50. The topological polar surface area (TPSA) is 43.4 Å². The summed E-state index contributed by atoms with van der Waals surface area (Å²) in [6.45, 7) is 9.07. The molecule has 0 saturated heterocycles. The first kappa shape index (κ1) is 18.9. The van der Waals surface area contributed by atoms with Crippen molar-refractivity contribution in [3.63, 3.8) is 0 Å². The number of Topliss-reactive ketones (excluding diaryl/α,β-unsaturated/α-hetero) is 2. The van der Waals surface area contributed by atoms with Gasteiger partial charge in [0.25, 0.3) is 0 Å². The summed E-state index contributed by atoms with van der Waals surface area (Å²) in [5, 5.41) is 0. The largest absolute Gasteiger partial charge is 0.494 e. The Bertz CT molecular complexity index is 719. The third-order valence-corrected chi connectivity index (χ3v) is 4.04. The van der Waals surface area contributed by atoms with Crippen molar-refractivity contribution in [1.29, 1.82) is 0 Å². The van der Waals surface area contributed by atoms with E-state index in [4.69, 9.17) is 4.74 Å². The van der Waals surface area contributed by atoms with Crippen molar-refractivity contribution in [2.75, 3.05) is 6.61 Å². The van der Waals surface area contributed by atoms with Crippen LogP contribution >= 0.6 is 0 Å². The van der Waals surface area contributed by atoms with Crippen molar-refractivity contribution in [2.45, 2.75) is 46.0 Å². The van der Waals surface area contributed by atoms with E-state index in [1.807, 2.05) is 19.1 Å². The van der Waals surface area contributed by atoms with Gasteiger partial charge in [0, 0.05) is 11.1 Å². The quantitative estimate of drug-likeness (QED) is 0.513. The Hall–Kier alpha value is -2.42. The van der Waals surface area contributed by atoms with Crippen LogP contribution in [0.3, 0.4) is 0 Å². The van der Waals surface area contributed by atoms with E-state index < -0.39 is 0 Å². The Morgan fingerprint density at radius 2 is 1.32 bits per heavy atom. The van der Waals surface area contributed by atoms with Crippen LogP contribution in [-0.2, 0) is 5.41 Å². The van der Waals surface area contributed by atoms with Crippen LogP contribution in [0.2, 0.25) is 0 Å². The molecule has 0 spiro atoms. The molecule has 0 aliphatic carbocycles. The van der Waals surface area contributed by atoms with Crippen molar-refractivity contribution in [1.82, 2.24) is 0 Å². The molecule has 2 rings (SSSR count). The highest BCUT2D eigenvalue weighted by molar-refractivity contribution is 6.13. The molecule has 0 aromatic heterocycles. The molecule has 2 aromatic carbocycles. The summed E-state index contributed by atoms with van der Waals surface area (Å²) in [5.74, 6) is 0.409. The minimum Gasteiger partial charge on any atom is -0.494 e. The van der Waals surface area contributed by atoms with Gasteiger partial charge in [-0.1, -0.05) is 52.0 Å². The monoisotopic (exact) mass is 338 g/mol. The number of ether oxygens (including phenoxy) is 1. The lowest BCUT2D eigenvalue weighted by atomic mass is 9.86. The van der Waals surface area contributed by atoms with Gasteiger partial charge >= 0.3 is 0 Å². The van der Waals surface area contributed by atoms with Gasteiger partial charge in [0.2, 0.25) is 0 Å². The van der Waals surface area contributed by atoms with Gasteiger partial charge < -0.3 is 4.74 Å². The predicted octanol–water partition coefficient (Wildman–Crippen LogP) is 5.23. The van der Waals surface area contributed by atoms with Crippen molar-refractivity contribution < 1.29 is 14.3 Å². The summed E-state index contributed by atoms with van der Waals surface area (Å²) in [5.41, 5.74) is 2.31. The average Bonchev–Trinajstić information content (AvgIpc) is 2.59. The zero-order chi connectivity index (χ0) is 18.4. The summed E-state index contributed by atoms with van der Waals surface area (Å²) in [4.78, 5) is 24.7. The molecule has 2 aromatic rings. The van der Waals surface area contributed by atoms with E-state index >= 15 is 0 Å². The molecule has 3 heteroatoms. The fourth-order valence-corrected chi connectivity index (χ4v) is 2.46. The summed E-state index contributed by atoms with van der Waals surface area (Å²) in [6, 6.07) is 14.5. The number of ketones is 2. The van der Waals surface area contributed by atoms with Crippen LogP contribution in [-0.4, -0.2) is 18.2 Å². The van der Waals surface area contributed by atoms with E-state index in [1.165, 1.54) is 0 Å². The first-order chi connectivity index (χ1) is 11.8. The number of benzene rings is 2. The van der Waals surface area contributed by atoms with Crippen LogP contribution < -0.4 is 4.74 Å². The molecule has 0 atom stereocenters. The van der Waals surface area contributed by atoms with E-state index in [-0.39, 0.29) is 23.4 Å². The SMILES string of the molecule is CCCOc1ccc(C(=O)CC(=O)c2ccc(C(C)(C)C)cc2)cc1. The Morgan fingerprint density at radius 3 is 1.76 bits per heavy atom. The van der Waals surface area contributed by atoms with Gasteiger partial charge in [-0.2, -0.15) is 0 Å². The van der Waals surface area contributed by atoms with Crippen LogP contribution in [0.15, 0.2) is 48.5 Å². The maximum absolute atomic E-state index is 12.4. The van der Waals surface area contributed by atoms with Gasteiger partial charge in [0.1, 0.15) is 5.75 Å². The smallest absolute Gasteiger partial charge is 0.170 e. The normalized spacial score (nSPS) is 11.2. The average molecular weight is 338 g/mol. The second-order valence-electron chi connectivity index (χ2n) is 7.22. The van der Waals surface area contributed by atoms with E-state index in [1.54, 1.807) is 36.4 Å².